The van der Waals surface area contributed by atoms with E-state index in [1.165, 1.54) is 19.3 Å². The Labute approximate surface area is 167 Å². The molecule has 1 aromatic carbocycles. The van der Waals surface area contributed by atoms with E-state index < -0.39 is 0 Å². The number of hydrogen-bond acceptors (Lipinski definition) is 3. The number of rotatable bonds is 5. The lowest BCUT2D eigenvalue weighted by molar-refractivity contribution is -0.126. The SMILES string of the molecule is CC(C)[C@H](C)NC(=O)[C@@H]1CS[C@H](C2CCCCC2)N1C(=O)c1ccccc1. The minimum atomic E-state index is -0.379. The van der Waals surface area contributed by atoms with Gasteiger partial charge in [0.25, 0.3) is 5.91 Å². The van der Waals surface area contributed by atoms with Gasteiger partial charge >= 0.3 is 0 Å². The van der Waals surface area contributed by atoms with Crippen LogP contribution in [0.15, 0.2) is 30.3 Å². The summed E-state index contributed by atoms with van der Waals surface area (Å²) < 4.78 is 0. The molecule has 0 spiro atoms. The fourth-order valence-corrected chi connectivity index (χ4v) is 5.63. The Balaban J connectivity index is 1.83. The molecule has 3 atom stereocenters. The molecule has 1 heterocycles. The van der Waals surface area contributed by atoms with Crippen LogP contribution < -0.4 is 5.32 Å². The van der Waals surface area contributed by atoms with E-state index in [0.717, 1.165) is 12.8 Å². The molecule has 0 unspecified atom stereocenters. The molecule has 1 saturated carbocycles. The molecule has 148 valence electrons. The lowest BCUT2D eigenvalue weighted by Crippen LogP contribution is -2.53. The minimum Gasteiger partial charge on any atom is -0.352 e. The summed E-state index contributed by atoms with van der Waals surface area (Å²) in [4.78, 5) is 28.3. The highest BCUT2D eigenvalue weighted by atomic mass is 32.2. The number of nitrogens with zero attached hydrogens (tertiary/aromatic N) is 1. The van der Waals surface area contributed by atoms with E-state index in [9.17, 15) is 9.59 Å². The molecular formula is C22H32N2O2S. The molecule has 1 N–H and O–H groups in total. The Kier molecular flexibility index (Phi) is 6.85. The van der Waals surface area contributed by atoms with Crippen LogP contribution in [0.2, 0.25) is 0 Å². The predicted molar refractivity (Wildman–Crippen MR) is 112 cm³/mol. The Bertz CT molecular complexity index is 643. The summed E-state index contributed by atoms with van der Waals surface area (Å²) in [7, 11) is 0. The molecule has 2 aliphatic rings. The second-order valence-electron chi connectivity index (χ2n) is 8.26. The van der Waals surface area contributed by atoms with Crippen molar-refractivity contribution in [2.75, 3.05) is 5.75 Å². The van der Waals surface area contributed by atoms with Crippen LogP contribution in [0.25, 0.3) is 0 Å². The monoisotopic (exact) mass is 388 g/mol. The van der Waals surface area contributed by atoms with Gasteiger partial charge in [-0.25, -0.2) is 0 Å². The fraction of sp³-hybridized carbons (Fsp3) is 0.636. The lowest BCUT2D eigenvalue weighted by Gasteiger charge is -2.36. The highest BCUT2D eigenvalue weighted by Crippen LogP contribution is 2.41. The van der Waals surface area contributed by atoms with Gasteiger partial charge in [0, 0.05) is 17.4 Å². The van der Waals surface area contributed by atoms with Crippen LogP contribution in [0.5, 0.6) is 0 Å². The highest BCUT2D eigenvalue weighted by molar-refractivity contribution is 8.00. The molecule has 2 amide bonds. The van der Waals surface area contributed by atoms with Crippen LogP contribution in [-0.4, -0.2) is 39.9 Å². The molecule has 1 aliphatic heterocycles. The Hall–Kier alpha value is -1.49. The van der Waals surface area contributed by atoms with E-state index >= 15 is 0 Å². The van der Waals surface area contributed by atoms with Crippen molar-refractivity contribution in [3.8, 4) is 0 Å². The molecule has 0 aromatic heterocycles. The van der Waals surface area contributed by atoms with Crippen molar-refractivity contribution in [2.24, 2.45) is 11.8 Å². The maximum atomic E-state index is 13.4. The number of nitrogens with one attached hydrogen (secondary N) is 1. The first-order valence-corrected chi connectivity index (χ1v) is 11.3. The molecule has 1 aromatic rings. The van der Waals surface area contributed by atoms with Gasteiger partial charge in [0.05, 0.1) is 5.37 Å². The van der Waals surface area contributed by atoms with Gasteiger partial charge < -0.3 is 10.2 Å². The smallest absolute Gasteiger partial charge is 0.255 e. The van der Waals surface area contributed by atoms with Gasteiger partial charge in [-0.3, -0.25) is 9.59 Å². The molecule has 1 saturated heterocycles. The number of hydrogen-bond donors (Lipinski definition) is 1. The zero-order valence-corrected chi connectivity index (χ0v) is 17.5. The Morgan fingerprint density at radius 1 is 1.07 bits per heavy atom. The van der Waals surface area contributed by atoms with Gasteiger partial charge in [-0.15, -0.1) is 11.8 Å². The second-order valence-corrected chi connectivity index (χ2v) is 9.41. The number of thioether (sulfide) groups is 1. The lowest BCUT2D eigenvalue weighted by atomic mass is 9.88. The van der Waals surface area contributed by atoms with Crippen molar-refractivity contribution in [1.82, 2.24) is 10.2 Å². The van der Waals surface area contributed by atoms with E-state index in [0.29, 0.717) is 23.2 Å². The first kappa shape index (κ1) is 20.2. The van der Waals surface area contributed by atoms with Crippen LogP contribution in [-0.2, 0) is 4.79 Å². The first-order valence-electron chi connectivity index (χ1n) is 10.3. The van der Waals surface area contributed by atoms with Crippen molar-refractivity contribution < 1.29 is 9.59 Å². The highest BCUT2D eigenvalue weighted by Gasteiger charge is 2.45. The van der Waals surface area contributed by atoms with Crippen molar-refractivity contribution >= 4 is 23.6 Å². The normalized spacial score (nSPS) is 24.8. The third kappa shape index (κ3) is 4.68. The summed E-state index contributed by atoms with van der Waals surface area (Å²) in [6, 6.07) is 9.14. The zero-order chi connectivity index (χ0) is 19.4. The summed E-state index contributed by atoms with van der Waals surface area (Å²) in [5, 5.41) is 3.25. The maximum Gasteiger partial charge on any atom is 0.255 e. The number of carbonyl (C=O) groups is 2. The minimum absolute atomic E-state index is 0.00600. The van der Waals surface area contributed by atoms with E-state index in [4.69, 9.17) is 0 Å². The average Bonchev–Trinajstić information content (AvgIpc) is 3.13. The molecular weight excluding hydrogens is 356 g/mol. The van der Waals surface area contributed by atoms with Crippen molar-refractivity contribution in [1.29, 1.82) is 0 Å². The molecule has 2 fully saturated rings. The van der Waals surface area contributed by atoms with Gasteiger partial charge in [-0.2, -0.15) is 0 Å². The van der Waals surface area contributed by atoms with Crippen LogP contribution in [0, 0.1) is 11.8 Å². The van der Waals surface area contributed by atoms with Crippen LogP contribution in [0.4, 0.5) is 0 Å². The molecule has 3 rings (SSSR count). The van der Waals surface area contributed by atoms with Gasteiger partial charge in [-0.1, -0.05) is 51.3 Å². The van der Waals surface area contributed by atoms with Gasteiger partial charge in [0.1, 0.15) is 6.04 Å². The molecule has 0 bridgehead atoms. The largest absolute Gasteiger partial charge is 0.352 e. The average molecular weight is 389 g/mol. The molecule has 27 heavy (non-hydrogen) atoms. The zero-order valence-electron chi connectivity index (χ0n) is 16.7. The topological polar surface area (TPSA) is 49.4 Å². The second kappa shape index (κ2) is 9.13. The summed E-state index contributed by atoms with van der Waals surface area (Å²) in [5.74, 6) is 1.54. The summed E-state index contributed by atoms with van der Waals surface area (Å²) >= 11 is 1.80. The number of carbonyl (C=O) groups excluding carboxylic acids is 2. The molecule has 4 nitrogen and oxygen atoms in total. The standard InChI is InChI=1S/C22H32N2O2S/c1-15(2)16(3)23-20(25)19-14-27-22(18-12-8-5-9-13-18)24(19)21(26)17-10-6-4-7-11-17/h4,6-7,10-11,15-16,18-19,22H,5,8-9,12-14H2,1-3H3,(H,23,25)/t16-,19-,22+/m0/s1. The van der Waals surface area contributed by atoms with Crippen LogP contribution in [0.1, 0.15) is 63.2 Å². The number of amides is 2. The van der Waals surface area contributed by atoms with Crippen molar-refractivity contribution in [3.63, 3.8) is 0 Å². The third-order valence-electron chi connectivity index (χ3n) is 6.02. The summed E-state index contributed by atoms with van der Waals surface area (Å²) in [6.45, 7) is 6.24. The van der Waals surface area contributed by atoms with E-state index in [-0.39, 0.29) is 29.3 Å². The van der Waals surface area contributed by atoms with Crippen LogP contribution >= 0.6 is 11.8 Å². The van der Waals surface area contributed by atoms with E-state index in [1.54, 1.807) is 11.8 Å². The Morgan fingerprint density at radius 3 is 2.37 bits per heavy atom. The van der Waals surface area contributed by atoms with Gasteiger partial charge in [-0.05, 0) is 43.7 Å². The van der Waals surface area contributed by atoms with Crippen LogP contribution in [0.3, 0.4) is 0 Å². The first-order chi connectivity index (χ1) is 13.0. The molecule has 0 radical (unpaired) electrons. The van der Waals surface area contributed by atoms with Gasteiger partial charge in [0.15, 0.2) is 0 Å². The fourth-order valence-electron chi connectivity index (χ4n) is 3.99. The Morgan fingerprint density at radius 2 is 1.74 bits per heavy atom. The van der Waals surface area contributed by atoms with Gasteiger partial charge in [0.2, 0.25) is 5.91 Å². The summed E-state index contributed by atoms with van der Waals surface area (Å²) in [5.41, 5.74) is 0.676. The number of benzene rings is 1. The molecule has 1 aliphatic carbocycles. The van der Waals surface area contributed by atoms with E-state index in [1.807, 2.05) is 42.2 Å². The molecule has 5 heteroatoms. The third-order valence-corrected chi connectivity index (χ3v) is 7.48. The predicted octanol–water partition coefficient (Wildman–Crippen LogP) is 4.31. The van der Waals surface area contributed by atoms with Crippen molar-refractivity contribution in [2.45, 2.75) is 70.3 Å². The maximum absolute atomic E-state index is 13.4. The van der Waals surface area contributed by atoms with Crippen molar-refractivity contribution in [3.05, 3.63) is 35.9 Å². The quantitative estimate of drug-likeness (QED) is 0.818. The summed E-state index contributed by atoms with van der Waals surface area (Å²) in [6.07, 6.45) is 6.07. The van der Waals surface area contributed by atoms with E-state index in [2.05, 4.69) is 19.2 Å².